The average Bonchev–Trinajstić information content (AvgIpc) is 3.05. The molecule has 0 aromatic rings. The van der Waals surface area contributed by atoms with Gasteiger partial charge in [-0.15, -0.1) is 0 Å². The van der Waals surface area contributed by atoms with E-state index in [-0.39, 0.29) is 31.5 Å². The van der Waals surface area contributed by atoms with Gasteiger partial charge in [-0.1, -0.05) is 19.8 Å². The third kappa shape index (κ3) is 3.11. The fourth-order valence-corrected chi connectivity index (χ4v) is 2.92. The molecule has 1 saturated heterocycles. The maximum Gasteiger partial charge on any atom is 0.343 e. The van der Waals surface area contributed by atoms with Gasteiger partial charge in [0.25, 0.3) is 5.91 Å². The second kappa shape index (κ2) is 6.08. The molecule has 0 spiro atoms. The van der Waals surface area contributed by atoms with Gasteiger partial charge in [0, 0.05) is 13.0 Å². The highest BCUT2D eigenvalue weighted by Crippen LogP contribution is 2.28. The smallest absolute Gasteiger partial charge is 0.343 e. The van der Waals surface area contributed by atoms with Gasteiger partial charge in [-0.05, 0) is 19.3 Å². The summed E-state index contributed by atoms with van der Waals surface area (Å²) in [5.74, 6) is -1.77. The van der Waals surface area contributed by atoms with E-state index in [1.54, 1.807) is 0 Å². The van der Waals surface area contributed by atoms with E-state index in [1.165, 1.54) is 4.90 Å². The summed E-state index contributed by atoms with van der Waals surface area (Å²) in [5, 5.41) is 8.85. The second-order valence-corrected chi connectivity index (χ2v) is 5.72. The third-order valence-electron chi connectivity index (χ3n) is 4.22. The Hall–Kier alpha value is -1.17. The summed E-state index contributed by atoms with van der Waals surface area (Å²) in [4.78, 5) is 24.5. The van der Waals surface area contributed by atoms with E-state index >= 15 is 0 Å². The highest BCUT2D eigenvalue weighted by Gasteiger charge is 2.47. The first-order chi connectivity index (χ1) is 9.46. The fourth-order valence-electron chi connectivity index (χ4n) is 2.92. The zero-order valence-corrected chi connectivity index (χ0v) is 11.8. The van der Waals surface area contributed by atoms with E-state index in [1.807, 2.05) is 6.92 Å². The number of aliphatic carboxylic acids is 1. The number of carboxylic acid groups (broad SMARTS) is 1. The fraction of sp³-hybridized carbons (Fsp3) is 0.857. The maximum absolute atomic E-state index is 14.0. The lowest BCUT2D eigenvalue weighted by atomic mass is 10.1. The van der Waals surface area contributed by atoms with Gasteiger partial charge in [-0.2, -0.15) is 0 Å². The first-order valence-electron chi connectivity index (χ1n) is 7.33. The molecule has 1 heterocycles. The molecule has 2 unspecified atom stereocenters. The molecule has 1 saturated carbocycles. The van der Waals surface area contributed by atoms with Crippen LogP contribution in [0.3, 0.4) is 0 Å². The Morgan fingerprint density at radius 3 is 2.60 bits per heavy atom. The number of ether oxygens (including phenoxy) is 1. The standard InChI is InChI=1S/C14H22FNO4/c1-2-11(20-10-5-3-4-6-10)12(17)16-8-7-14(15,9-16)13(18)19/h10-11H,2-9H2,1H3,(H,18,19). The van der Waals surface area contributed by atoms with Crippen molar-refractivity contribution < 1.29 is 23.8 Å². The van der Waals surface area contributed by atoms with Crippen LogP contribution in [0.4, 0.5) is 4.39 Å². The number of hydrogen-bond acceptors (Lipinski definition) is 3. The van der Waals surface area contributed by atoms with Crippen molar-refractivity contribution in [2.75, 3.05) is 13.1 Å². The van der Waals surface area contributed by atoms with E-state index in [0.29, 0.717) is 6.42 Å². The molecule has 0 aromatic carbocycles. The minimum absolute atomic E-state index is 0.112. The van der Waals surface area contributed by atoms with Gasteiger partial charge in [0.15, 0.2) is 0 Å². The molecule has 114 valence electrons. The minimum atomic E-state index is -2.30. The molecule has 2 rings (SSSR count). The lowest BCUT2D eigenvalue weighted by molar-refractivity contribution is -0.152. The Morgan fingerprint density at radius 2 is 2.10 bits per heavy atom. The van der Waals surface area contributed by atoms with Crippen molar-refractivity contribution in [1.29, 1.82) is 0 Å². The van der Waals surface area contributed by atoms with Crippen LogP contribution in [-0.4, -0.2) is 52.8 Å². The number of hydrogen-bond donors (Lipinski definition) is 1. The Balaban J connectivity index is 1.93. The number of halogens is 1. The lowest BCUT2D eigenvalue weighted by Gasteiger charge is -2.25. The van der Waals surface area contributed by atoms with Gasteiger partial charge >= 0.3 is 5.97 Å². The number of carboxylic acids is 1. The summed E-state index contributed by atoms with van der Waals surface area (Å²) < 4.78 is 19.8. The number of likely N-dealkylation sites (tertiary alicyclic amines) is 1. The van der Waals surface area contributed by atoms with Crippen LogP contribution in [0.2, 0.25) is 0 Å². The Bertz CT molecular complexity index is 383. The van der Waals surface area contributed by atoms with Crippen LogP contribution in [0.25, 0.3) is 0 Å². The predicted octanol–water partition coefficient (Wildman–Crippen LogP) is 1.75. The van der Waals surface area contributed by atoms with Gasteiger partial charge in [-0.3, -0.25) is 4.79 Å². The molecule has 2 aliphatic rings. The number of alkyl halides is 1. The normalized spacial score (nSPS) is 28.8. The Kier molecular flexibility index (Phi) is 4.62. The van der Waals surface area contributed by atoms with Crippen LogP contribution in [0.15, 0.2) is 0 Å². The minimum Gasteiger partial charge on any atom is -0.479 e. The van der Waals surface area contributed by atoms with E-state index in [9.17, 15) is 14.0 Å². The first-order valence-corrected chi connectivity index (χ1v) is 7.33. The van der Waals surface area contributed by atoms with Crippen LogP contribution in [0.5, 0.6) is 0 Å². The topological polar surface area (TPSA) is 66.8 Å². The van der Waals surface area contributed by atoms with Crippen molar-refractivity contribution >= 4 is 11.9 Å². The molecule has 2 atom stereocenters. The molecule has 2 fully saturated rings. The molecule has 1 aliphatic heterocycles. The molecule has 1 amide bonds. The Labute approximate surface area is 118 Å². The van der Waals surface area contributed by atoms with E-state index < -0.39 is 17.7 Å². The number of carbonyl (C=O) groups excluding carboxylic acids is 1. The largest absolute Gasteiger partial charge is 0.479 e. The summed E-state index contributed by atoms with van der Waals surface area (Å²) in [5.41, 5.74) is -2.30. The van der Waals surface area contributed by atoms with Crippen LogP contribution < -0.4 is 0 Å². The highest BCUT2D eigenvalue weighted by atomic mass is 19.1. The van der Waals surface area contributed by atoms with Crippen LogP contribution >= 0.6 is 0 Å². The van der Waals surface area contributed by atoms with Crippen molar-refractivity contribution in [3.63, 3.8) is 0 Å². The maximum atomic E-state index is 14.0. The van der Waals surface area contributed by atoms with Gasteiger partial charge in [0.1, 0.15) is 6.10 Å². The summed E-state index contributed by atoms with van der Waals surface area (Å²) in [7, 11) is 0. The average molecular weight is 287 g/mol. The number of carbonyl (C=O) groups is 2. The molecule has 1 N–H and O–H groups in total. The van der Waals surface area contributed by atoms with Gasteiger partial charge < -0.3 is 14.7 Å². The molecular weight excluding hydrogens is 265 g/mol. The number of nitrogens with zero attached hydrogens (tertiary/aromatic N) is 1. The third-order valence-corrected chi connectivity index (χ3v) is 4.22. The summed E-state index contributed by atoms with van der Waals surface area (Å²) in [6.45, 7) is 1.63. The van der Waals surface area contributed by atoms with Crippen molar-refractivity contribution in [3.8, 4) is 0 Å². The van der Waals surface area contributed by atoms with Crippen molar-refractivity contribution in [1.82, 2.24) is 4.90 Å². The van der Waals surface area contributed by atoms with Crippen molar-refractivity contribution in [3.05, 3.63) is 0 Å². The van der Waals surface area contributed by atoms with E-state index in [2.05, 4.69) is 0 Å². The summed E-state index contributed by atoms with van der Waals surface area (Å²) >= 11 is 0. The number of rotatable bonds is 5. The SMILES string of the molecule is CCC(OC1CCCC1)C(=O)N1CCC(F)(C(=O)O)C1. The number of amides is 1. The van der Waals surface area contributed by atoms with E-state index in [0.717, 1.165) is 25.7 Å². The molecule has 1 aliphatic carbocycles. The monoisotopic (exact) mass is 287 g/mol. The highest BCUT2D eigenvalue weighted by molar-refractivity contribution is 5.84. The van der Waals surface area contributed by atoms with Gasteiger partial charge in [0.2, 0.25) is 5.67 Å². The summed E-state index contributed by atoms with van der Waals surface area (Å²) in [6, 6.07) is 0. The second-order valence-electron chi connectivity index (χ2n) is 5.72. The molecule has 0 bridgehead atoms. The predicted molar refractivity (Wildman–Crippen MR) is 70.1 cm³/mol. The van der Waals surface area contributed by atoms with E-state index in [4.69, 9.17) is 9.84 Å². The molecule has 20 heavy (non-hydrogen) atoms. The van der Waals surface area contributed by atoms with Gasteiger partial charge in [-0.25, -0.2) is 9.18 Å². The lowest BCUT2D eigenvalue weighted by Crippen LogP contribution is -2.43. The zero-order chi connectivity index (χ0) is 14.8. The van der Waals surface area contributed by atoms with Crippen LogP contribution in [0.1, 0.15) is 45.4 Å². The van der Waals surface area contributed by atoms with Crippen molar-refractivity contribution in [2.45, 2.75) is 63.3 Å². The molecule has 6 heteroatoms. The molecular formula is C14H22FNO4. The van der Waals surface area contributed by atoms with Gasteiger partial charge in [0.05, 0.1) is 12.6 Å². The Morgan fingerprint density at radius 1 is 1.45 bits per heavy atom. The van der Waals surface area contributed by atoms with Crippen LogP contribution in [0, 0.1) is 0 Å². The summed E-state index contributed by atoms with van der Waals surface area (Å²) in [6.07, 6.45) is 4.08. The zero-order valence-electron chi connectivity index (χ0n) is 11.8. The first kappa shape index (κ1) is 15.2. The molecule has 0 aromatic heterocycles. The molecule has 0 radical (unpaired) electrons. The molecule has 5 nitrogen and oxygen atoms in total. The van der Waals surface area contributed by atoms with Crippen molar-refractivity contribution in [2.24, 2.45) is 0 Å². The van der Waals surface area contributed by atoms with Crippen LogP contribution in [-0.2, 0) is 14.3 Å². The quantitative estimate of drug-likeness (QED) is 0.836.